The quantitative estimate of drug-likeness (QED) is 0.437. The number of aromatic amines is 1. The average Bonchev–Trinajstić information content (AvgIpc) is 3.19. The Balaban J connectivity index is 1.55. The van der Waals surface area contributed by atoms with Crippen LogP contribution in [0.25, 0.3) is 10.6 Å². The molecule has 0 saturated heterocycles. The van der Waals surface area contributed by atoms with Crippen LogP contribution in [0, 0.1) is 12.7 Å². The first-order chi connectivity index (χ1) is 15.5. The number of benzene rings is 2. The van der Waals surface area contributed by atoms with Crippen LogP contribution in [0.15, 0.2) is 71.7 Å². The third kappa shape index (κ3) is 4.92. The highest BCUT2D eigenvalue weighted by molar-refractivity contribution is 7.17. The number of halogens is 1. The third-order valence-corrected chi connectivity index (χ3v) is 5.92. The predicted octanol–water partition coefficient (Wildman–Crippen LogP) is 4.45. The van der Waals surface area contributed by atoms with E-state index in [0.717, 1.165) is 22.5 Å². The first kappa shape index (κ1) is 21.5. The lowest BCUT2D eigenvalue weighted by molar-refractivity contribution is 0.0954. The van der Waals surface area contributed by atoms with E-state index >= 15 is 0 Å². The first-order valence-electron chi connectivity index (χ1n) is 9.90. The summed E-state index contributed by atoms with van der Waals surface area (Å²) in [6.45, 7) is 2.28. The fourth-order valence-corrected chi connectivity index (χ4v) is 4.13. The van der Waals surface area contributed by atoms with Crippen molar-refractivity contribution >= 4 is 17.2 Å². The Morgan fingerprint density at radius 1 is 1.09 bits per heavy atom. The molecule has 32 heavy (non-hydrogen) atoms. The summed E-state index contributed by atoms with van der Waals surface area (Å²) in [4.78, 5) is 32.8. The molecular formula is C24H20FN3O3S. The standard InChI is InChI=1S/C24H20FN3O3S/c1-15-21(23(30)27-13-16-5-3-2-4-6-16)32-24(28-15)20-19(11-12-26-22(20)29)31-14-17-7-9-18(25)10-8-17/h2-12H,13-14H2,1H3,(H,26,29)(H,27,30). The number of pyridine rings is 1. The fourth-order valence-electron chi connectivity index (χ4n) is 3.10. The van der Waals surface area contributed by atoms with Gasteiger partial charge in [0.05, 0.1) is 5.69 Å². The molecule has 1 amide bonds. The summed E-state index contributed by atoms with van der Waals surface area (Å²) >= 11 is 1.14. The number of aryl methyl sites for hydroxylation is 1. The zero-order chi connectivity index (χ0) is 22.5. The van der Waals surface area contributed by atoms with Crippen molar-refractivity contribution in [1.82, 2.24) is 15.3 Å². The number of nitrogens with zero attached hydrogens (tertiary/aromatic N) is 1. The lowest BCUT2D eigenvalue weighted by Crippen LogP contribution is -2.22. The van der Waals surface area contributed by atoms with E-state index in [0.29, 0.717) is 27.9 Å². The smallest absolute Gasteiger partial charge is 0.263 e. The predicted molar refractivity (Wildman–Crippen MR) is 121 cm³/mol. The molecule has 0 aliphatic heterocycles. The molecule has 0 aliphatic rings. The van der Waals surface area contributed by atoms with Gasteiger partial charge in [-0.1, -0.05) is 42.5 Å². The molecule has 0 bridgehead atoms. The minimum atomic E-state index is -0.369. The van der Waals surface area contributed by atoms with E-state index in [4.69, 9.17) is 4.74 Å². The maximum absolute atomic E-state index is 13.1. The molecule has 2 heterocycles. The maximum Gasteiger partial charge on any atom is 0.263 e. The largest absolute Gasteiger partial charge is 0.488 e. The van der Waals surface area contributed by atoms with E-state index in [2.05, 4.69) is 15.3 Å². The van der Waals surface area contributed by atoms with Crippen molar-refractivity contribution < 1.29 is 13.9 Å². The highest BCUT2D eigenvalue weighted by Crippen LogP contribution is 2.32. The number of nitrogens with one attached hydrogen (secondary N) is 2. The molecule has 0 spiro atoms. The highest BCUT2D eigenvalue weighted by Gasteiger charge is 2.20. The van der Waals surface area contributed by atoms with Crippen LogP contribution >= 0.6 is 11.3 Å². The molecular weight excluding hydrogens is 429 g/mol. The Bertz CT molecular complexity index is 1280. The van der Waals surface area contributed by atoms with Gasteiger partial charge in [0.2, 0.25) is 0 Å². The molecule has 0 radical (unpaired) electrons. The molecule has 0 atom stereocenters. The molecule has 4 rings (SSSR count). The SMILES string of the molecule is Cc1nc(-c2c(OCc3ccc(F)cc3)cc[nH]c2=O)sc1C(=O)NCc1ccccc1. The number of ether oxygens (including phenoxy) is 1. The Hall–Kier alpha value is -3.78. The van der Waals surface area contributed by atoms with Crippen LogP contribution in [0.1, 0.15) is 26.5 Å². The summed E-state index contributed by atoms with van der Waals surface area (Å²) in [6.07, 6.45) is 1.49. The van der Waals surface area contributed by atoms with Gasteiger partial charge in [0.25, 0.3) is 11.5 Å². The van der Waals surface area contributed by atoms with Gasteiger partial charge in [0.15, 0.2) is 0 Å². The van der Waals surface area contributed by atoms with Gasteiger partial charge in [0, 0.05) is 12.7 Å². The zero-order valence-corrected chi connectivity index (χ0v) is 18.0. The van der Waals surface area contributed by atoms with Crippen LogP contribution in [0.5, 0.6) is 5.75 Å². The summed E-state index contributed by atoms with van der Waals surface area (Å²) in [5, 5.41) is 3.28. The van der Waals surface area contributed by atoms with E-state index in [1.54, 1.807) is 25.1 Å². The van der Waals surface area contributed by atoms with E-state index in [1.807, 2.05) is 30.3 Å². The van der Waals surface area contributed by atoms with Gasteiger partial charge in [-0.15, -0.1) is 11.3 Å². The van der Waals surface area contributed by atoms with E-state index < -0.39 is 0 Å². The Kier molecular flexibility index (Phi) is 6.42. The Labute approximate surface area is 187 Å². The summed E-state index contributed by atoms with van der Waals surface area (Å²) in [7, 11) is 0. The normalized spacial score (nSPS) is 10.7. The van der Waals surface area contributed by atoms with Crippen molar-refractivity contribution in [3.8, 4) is 16.3 Å². The Morgan fingerprint density at radius 3 is 2.59 bits per heavy atom. The minimum absolute atomic E-state index is 0.158. The second kappa shape index (κ2) is 9.57. The Morgan fingerprint density at radius 2 is 1.84 bits per heavy atom. The van der Waals surface area contributed by atoms with Crippen molar-refractivity contribution in [2.75, 3.05) is 0 Å². The van der Waals surface area contributed by atoms with Crippen LogP contribution in [0.2, 0.25) is 0 Å². The summed E-state index contributed by atoms with van der Waals surface area (Å²) in [5.41, 5.74) is 2.16. The van der Waals surface area contributed by atoms with Crippen LogP contribution in [-0.2, 0) is 13.2 Å². The van der Waals surface area contributed by atoms with E-state index in [1.165, 1.54) is 18.3 Å². The second-order valence-corrected chi connectivity index (χ2v) is 8.06. The number of H-pyrrole nitrogens is 1. The number of hydrogen-bond donors (Lipinski definition) is 2. The van der Waals surface area contributed by atoms with Crippen LogP contribution in [0.3, 0.4) is 0 Å². The number of amides is 1. The molecule has 2 N–H and O–H groups in total. The first-order valence-corrected chi connectivity index (χ1v) is 10.7. The number of hydrogen-bond acceptors (Lipinski definition) is 5. The molecule has 0 fully saturated rings. The number of carbonyl (C=O) groups excluding carboxylic acids is 1. The maximum atomic E-state index is 13.1. The van der Waals surface area contributed by atoms with Gasteiger partial charge in [-0.2, -0.15) is 0 Å². The second-order valence-electron chi connectivity index (χ2n) is 7.06. The number of thiazole rings is 1. The van der Waals surface area contributed by atoms with Crippen LogP contribution in [0.4, 0.5) is 4.39 Å². The van der Waals surface area contributed by atoms with Gasteiger partial charge in [-0.3, -0.25) is 9.59 Å². The van der Waals surface area contributed by atoms with Crippen LogP contribution < -0.4 is 15.6 Å². The van der Waals surface area contributed by atoms with Crippen molar-refractivity contribution in [2.45, 2.75) is 20.1 Å². The van der Waals surface area contributed by atoms with Crippen LogP contribution in [-0.4, -0.2) is 15.9 Å². The molecule has 2 aromatic carbocycles. The molecule has 0 unspecified atom stereocenters. The summed E-state index contributed by atoms with van der Waals surface area (Å²) in [6, 6.07) is 17.2. The minimum Gasteiger partial charge on any atom is -0.488 e. The van der Waals surface area contributed by atoms with Crippen molar-refractivity contribution in [1.29, 1.82) is 0 Å². The molecule has 4 aromatic rings. The lowest BCUT2D eigenvalue weighted by atomic mass is 10.2. The molecule has 6 nitrogen and oxygen atoms in total. The molecule has 0 saturated carbocycles. The molecule has 0 aliphatic carbocycles. The monoisotopic (exact) mass is 449 g/mol. The number of carbonyl (C=O) groups is 1. The highest BCUT2D eigenvalue weighted by atomic mass is 32.1. The van der Waals surface area contributed by atoms with Crippen molar-refractivity contribution in [3.63, 3.8) is 0 Å². The van der Waals surface area contributed by atoms with Crippen molar-refractivity contribution in [3.05, 3.63) is 105 Å². The fraction of sp³-hybridized carbons (Fsp3) is 0.125. The van der Waals surface area contributed by atoms with Gasteiger partial charge < -0.3 is 15.0 Å². The van der Waals surface area contributed by atoms with E-state index in [-0.39, 0.29) is 29.5 Å². The van der Waals surface area contributed by atoms with Gasteiger partial charge in [-0.25, -0.2) is 9.37 Å². The third-order valence-electron chi connectivity index (χ3n) is 4.74. The topological polar surface area (TPSA) is 84.1 Å². The zero-order valence-electron chi connectivity index (χ0n) is 17.2. The van der Waals surface area contributed by atoms with Crippen molar-refractivity contribution in [2.24, 2.45) is 0 Å². The van der Waals surface area contributed by atoms with Gasteiger partial charge >= 0.3 is 0 Å². The van der Waals surface area contributed by atoms with Gasteiger partial charge in [-0.05, 0) is 36.2 Å². The lowest BCUT2D eigenvalue weighted by Gasteiger charge is -2.09. The molecule has 162 valence electrons. The number of rotatable bonds is 7. The number of aromatic nitrogens is 2. The summed E-state index contributed by atoms with van der Waals surface area (Å²) in [5.74, 6) is -0.249. The molecule has 2 aromatic heterocycles. The van der Waals surface area contributed by atoms with E-state index in [9.17, 15) is 14.0 Å². The van der Waals surface area contributed by atoms with Gasteiger partial charge in [0.1, 0.15) is 33.6 Å². The molecule has 8 heteroatoms. The summed E-state index contributed by atoms with van der Waals surface area (Å²) < 4.78 is 19.0. The average molecular weight is 450 g/mol.